The zero-order valence-corrected chi connectivity index (χ0v) is 13.7. The van der Waals surface area contributed by atoms with Crippen molar-refractivity contribution in [3.8, 4) is 10.9 Å². The van der Waals surface area contributed by atoms with E-state index in [1.165, 1.54) is 22.6 Å². The van der Waals surface area contributed by atoms with Crippen molar-refractivity contribution in [2.75, 3.05) is 13.7 Å². The van der Waals surface area contributed by atoms with Gasteiger partial charge in [-0.3, -0.25) is 4.90 Å². The number of benzene rings is 1. The maximum Gasteiger partial charge on any atom is 0.293 e. The second-order valence-electron chi connectivity index (χ2n) is 5.49. The average molecular weight is 327 g/mol. The molecule has 3 aromatic rings. The summed E-state index contributed by atoms with van der Waals surface area (Å²) in [6, 6.07) is 10.3. The monoisotopic (exact) mass is 327 g/mol. The van der Waals surface area contributed by atoms with Crippen molar-refractivity contribution >= 4 is 11.3 Å². The zero-order chi connectivity index (χ0) is 15.6. The Morgan fingerprint density at radius 2 is 2.09 bits per heavy atom. The van der Waals surface area contributed by atoms with Crippen LogP contribution in [0, 0.1) is 0 Å². The number of aromatic nitrogens is 4. The molecule has 23 heavy (non-hydrogen) atoms. The largest absolute Gasteiger partial charge is 0.472 e. The van der Waals surface area contributed by atoms with E-state index in [4.69, 9.17) is 4.74 Å². The SMILES string of the molecule is COc1nnc(CN2CCc3c(cnn3-c3ccccc3)C2)s1. The Morgan fingerprint density at radius 1 is 1.22 bits per heavy atom. The molecule has 0 saturated heterocycles. The van der Waals surface area contributed by atoms with Gasteiger partial charge in [-0.2, -0.15) is 5.10 Å². The smallest absolute Gasteiger partial charge is 0.293 e. The fourth-order valence-corrected chi connectivity index (χ4v) is 3.59. The van der Waals surface area contributed by atoms with Crippen molar-refractivity contribution in [1.29, 1.82) is 0 Å². The molecular weight excluding hydrogens is 310 g/mol. The van der Waals surface area contributed by atoms with Crippen LogP contribution in [-0.4, -0.2) is 38.5 Å². The Balaban J connectivity index is 1.51. The number of ether oxygens (including phenoxy) is 1. The molecule has 1 aliphatic rings. The molecule has 118 valence electrons. The summed E-state index contributed by atoms with van der Waals surface area (Å²) in [5.74, 6) is 0. The van der Waals surface area contributed by atoms with E-state index in [1.807, 2.05) is 24.4 Å². The molecule has 2 aromatic heterocycles. The van der Waals surface area contributed by atoms with Crippen LogP contribution >= 0.6 is 11.3 Å². The first-order valence-electron chi connectivity index (χ1n) is 7.53. The van der Waals surface area contributed by atoms with E-state index in [2.05, 4.69) is 37.0 Å². The molecule has 0 atom stereocenters. The zero-order valence-electron chi connectivity index (χ0n) is 12.8. The van der Waals surface area contributed by atoms with Gasteiger partial charge in [0, 0.05) is 30.8 Å². The van der Waals surface area contributed by atoms with Crippen LogP contribution in [0.25, 0.3) is 5.69 Å². The summed E-state index contributed by atoms with van der Waals surface area (Å²) in [7, 11) is 1.62. The van der Waals surface area contributed by atoms with E-state index in [0.717, 1.165) is 36.8 Å². The summed E-state index contributed by atoms with van der Waals surface area (Å²) in [6.07, 6.45) is 2.97. The third-order valence-electron chi connectivity index (χ3n) is 4.00. The Bertz CT molecular complexity index is 798. The van der Waals surface area contributed by atoms with Gasteiger partial charge in [0.1, 0.15) is 5.01 Å². The molecule has 1 aromatic carbocycles. The van der Waals surface area contributed by atoms with E-state index in [1.54, 1.807) is 7.11 Å². The molecule has 0 radical (unpaired) electrons. The minimum Gasteiger partial charge on any atom is -0.472 e. The molecule has 1 aliphatic heterocycles. The predicted octanol–water partition coefficient (Wildman–Crippen LogP) is 2.29. The maximum absolute atomic E-state index is 5.11. The molecule has 0 spiro atoms. The lowest BCUT2D eigenvalue weighted by molar-refractivity contribution is 0.243. The molecular formula is C16H17N5OS. The van der Waals surface area contributed by atoms with Crippen LogP contribution in [0.1, 0.15) is 16.3 Å². The van der Waals surface area contributed by atoms with Crippen LogP contribution < -0.4 is 4.74 Å². The Morgan fingerprint density at radius 3 is 2.87 bits per heavy atom. The van der Waals surface area contributed by atoms with Gasteiger partial charge in [-0.25, -0.2) is 4.68 Å². The quantitative estimate of drug-likeness (QED) is 0.736. The van der Waals surface area contributed by atoms with Gasteiger partial charge in [0.2, 0.25) is 0 Å². The molecule has 0 fully saturated rings. The van der Waals surface area contributed by atoms with Gasteiger partial charge < -0.3 is 4.74 Å². The molecule has 0 N–H and O–H groups in total. The fourth-order valence-electron chi connectivity index (χ4n) is 2.89. The van der Waals surface area contributed by atoms with Gasteiger partial charge in [-0.1, -0.05) is 29.5 Å². The number of nitrogens with zero attached hydrogens (tertiary/aromatic N) is 5. The normalized spacial score (nSPS) is 14.7. The third kappa shape index (κ3) is 2.85. The summed E-state index contributed by atoms with van der Waals surface area (Å²) < 4.78 is 7.16. The van der Waals surface area contributed by atoms with Crippen molar-refractivity contribution in [2.24, 2.45) is 0 Å². The second kappa shape index (κ2) is 6.10. The predicted molar refractivity (Wildman–Crippen MR) is 87.8 cm³/mol. The third-order valence-corrected chi connectivity index (χ3v) is 4.87. The lowest BCUT2D eigenvalue weighted by Gasteiger charge is -2.26. The van der Waals surface area contributed by atoms with Crippen molar-refractivity contribution in [3.05, 3.63) is 52.8 Å². The molecule has 0 aliphatic carbocycles. The average Bonchev–Trinajstić information content (AvgIpc) is 3.22. The van der Waals surface area contributed by atoms with Crippen molar-refractivity contribution in [3.63, 3.8) is 0 Å². The van der Waals surface area contributed by atoms with E-state index in [9.17, 15) is 0 Å². The van der Waals surface area contributed by atoms with Crippen LogP contribution in [0.4, 0.5) is 0 Å². The van der Waals surface area contributed by atoms with E-state index in [0.29, 0.717) is 5.19 Å². The highest BCUT2D eigenvalue weighted by atomic mass is 32.1. The highest BCUT2D eigenvalue weighted by molar-refractivity contribution is 7.13. The van der Waals surface area contributed by atoms with Crippen LogP contribution in [0.5, 0.6) is 5.19 Å². The van der Waals surface area contributed by atoms with Crippen LogP contribution in [0.2, 0.25) is 0 Å². The number of hydrogen-bond donors (Lipinski definition) is 0. The second-order valence-corrected chi connectivity index (χ2v) is 6.51. The Kier molecular flexibility index (Phi) is 3.80. The fraction of sp³-hybridized carbons (Fsp3) is 0.312. The first-order valence-corrected chi connectivity index (χ1v) is 8.35. The number of hydrogen-bond acceptors (Lipinski definition) is 6. The van der Waals surface area contributed by atoms with Crippen molar-refractivity contribution in [1.82, 2.24) is 24.9 Å². The molecule has 0 amide bonds. The first-order chi connectivity index (χ1) is 11.3. The van der Waals surface area contributed by atoms with Crippen LogP contribution in [-0.2, 0) is 19.5 Å². The molecule has 0 unspecified atom stereocenters. The summed E-state index contributed by atoms with van der Waals surface area (Å²) in [5.41, 5.74) is 3.72. The summed E-state index contributed by atoms with van der Waals surface area (Å²) in [6.45, 7) is 2.69. The summed E-state index contributed by atoms with van der Waals surface area (Å²) >= 11 is 1.50. The van der Waals surface area contributed by atoms with Crippen LogP contribution in [0.3, 0.4) is 0 Å². The maximum atomic E-state index is 5.11. The minimum atomic E-state index is 0.620. The van der Waals surface area contributed by atoms with Gasteiger partial charge >= 0.3 is 0 Å². The number of fused-ring (bicyclic) bond motifs is 1. The van der Waals surface area contributed by atoms with Gasteiger partial charge in [0.15, 0.2) is 0 Å². The topological polar surface area (TPSA) is 56.1 Å². The first kappa shape index (κ1) is 14.3. The number of methoxy groups -OCH3 is 1. The minimum absolute atomic E-state index is 0.620. The molecule has 6 nitrogen and oxygen atoms in total. The van der Waals surface area contributed by atoms with Gasteiger partial charge in [-0.15, -0.1) is 10.2 Å². The summed E-state index contributed by atoms with van der Waals surface area (Å²) in [4.78, 5) is 2.37. The number of para-hydroxylation sites is 1. The van der Waals surface area contributed by atoms with E-state index >= 15 is 0 Å². The Labute approximate surface area is 138 Å². The van der Waals surface area contributed by atoms with Gasteiger partial charge in [0.25, 0.3) is 5.19 Å². The molecule has 0 bridgehead atoms. The molecule has 4 rings (SSSR count). The van der Waals surface area contributed by atoms with Crippen molar-refractivity contribution < 1.29 is 4.74 Å². The number of rotatable bonds is 4. The highest BCUT2D eigenvalue weighted by Crippen LogP contribution is 2.24. The lowest BCUT2D eigenvalue weighted by atomic mass is 10.1. The van der Waals surface area contributed by atoms with Gasteiger partial charge in [0.05, 0.1) is 25.5 Å². The molecule has 7 heteroatoms. The molecule has 3 heterocycles. The Hall–Kier alpha value is -2.25. The highest BCUT2D eigenvalue weighted by Gasteiger charge is 2.22. The van der Waals surface area contributed by atoms with Gasteiger partial charge in [-0.05, 0) is 12.1 Å². The van der Waals surface area contributed by atoms with E-state index < -0.39 is 0 Å². The summed E-state index contributed by atoms with van der Waals surface area (Å²) in [5, 5.41) is 14.3. The lowest BCUT2D eigenvalue weighted by Crippen LogP contribution is -2.30. The van der Waals surface area contributed by atoms with Crippen molar-refractivity contribution in [2.45, 2.75) is 19.5 Å². The molecule has 0 saturated carbocycles. The standard InChI is InChI=1S/C16H17N5OS/c1-22-16-19-18-15(23-16)11-20-8-7-14-12(10-20)9-17-21(14)13-5-3-2-4-6-13/h2-6,9H,7-8,10-11H2,1H3. The van der Waals surface area contributed by atoms with E-state index in [-0.39, 0.29) is 0 Å². The van der Waals surface area contributed by atoms with Crippen LogP contribution in [0.15, 0.2) is 36.5 Å².